The summed E-state index contributed by atoms with van der Waals surface area (Å²) in [5.74, 6) is -2.01. The molecule has 8 heteroatoms. The monoisotopic (exact) mass is 318 g/mol. The first-order valence-corrected chi connectivity index (χ1v) is 6.58. The molecule has 22 heavy (non-hydrogen) atoms. The number of alkyl halides is 3. The molecule has 2 atom stereocenters. The van der Waals surface area contributed by atoms with E-state index in [1.807, 2.05) is 0 Å². The van der Waals surface area contributed by atoms with Gasteiger partial charge in [0.2, 0.25) is 0 Å². The fourth-order valence-corrected chi connectivity index (χ4v) is 1.89. The van der Waals surface area contributed by atoms with E-state index in [0.717, 1.165) is 7.05 Å². The smallest absolute Gasteiger partial charge is 0.403 e. The molecule has 0 bridgehead atoms. The van der Waals surface area contributed by atoms with Crippen LogP contribution in [0.15, 0.2) is 30.3 Å². The molecule has 0 aliphatic rings. The summed E-state index contributed by atoms with van der Waals surface area (Å²) in [6.45, 7) is 0. The highest BCUT2D eigenvalue weighted by atomic mass is 19.4. The molecular formula is C14H17F3N2O3. The second-order valence-electron chi connectivity index (χ2n) is 4.69. The fraction of sp³-hybridized carbons (Fsp3) is 0.429. The number of carbonyl (C=O) groups excluding carboxylic acids is 1. The molecule has 1 aromatic carbocycles. The minimum Gasteiger partial charge on any atom is -0.480 e. The third-order valence-corrected chi connectivity index (χ3v) is 3.13. The van der Waals surface area contributed by atoms with Crippen molar-refractivity contribution in [3.05, 3.63) is 35.9 Å². The highest BCUT2D eigenvalue weighted by molar-refractivity contribution is 5.96. The van der Waals surface area contributed by atoms with Gasteiger partial charge in [-0.1, -0.05) is 18.2 Å². The summed E-state index contributed by atoms with van der Waals surface area (Å²) in [7, 11) is 1.15. The summed E-state index contributed by atoms with van der Waals surface area (Å²) < 4.78 is 37.8. The number of rotatable bonds is 7. The summed E-state index contributed by atoms with van der Waals surface area (Å²) in [6.07, 6.45) is -5.26. The Morgan fingerprint density at radius 3 is 2.23 bits per heavy atom. The van der Waals surface area contributed by atoms with Crippen molar-refractivity contribution in [2.75, 3.05) is 7.05 Å². The average Bonchev–Trinajstić information content (AvgIpc) is 2.45. The molecule has 0 saturated carbocycles. The van der Waals surface area contributed by atoms with Crippen LogP contribution in [0.4, 0.5) is 13.2 Å². The summed E-state index contributed by atoms with van der Waals surface area (Å²) >= 11 is 0. The molecule has 0 saturated heterocycles. The lowest BCUT2D eigenvalue weighted by molar-refractivity contribution is -0.157. The average molecular weight is 318 g/mol. The van der Waals surface area contributed by atoms with Gasteiger partial charge < -0.3 is 15.7 Å². The number of amides is 1. The standard InChI is InChI=1S/C14H17F3N2O3/c1-18-11(14(15,16)17)8-7-10(13(21)22)19-12(20)9-5-3-2-4-6-9/h2-6,10-11,18H,7-8H2,1H3,(H,19,20)(H,21,22)/t10-,11+/m0/s1. The number of carbonyl (C=O) groups is 2. The SMILES string of the molecule is CN[C@H](CC[C@H](NC(=O)c1ccccc1)C(=O)O)C(F)(F)F. The Labute approximate surface area is 125 Å². The molecule has 1 amide bonds. The number of hydrogen-bond acceptors (Lipinski definition) is 3. The summed E-state index contributed by atoms with van der Waals surface area (Å²) in [4.78, 5) is 23.0. The highest BCUT2D eigenvalue weighted by Gasteiger charge is 2.39. The van der Waals surface area contributed by atoms with Crippen molar-refractivity contribution < 1.29 is 27.9 Å². The van der Waals surface area contributed by atoms with Crippen LogP contribution in [0.5, 0.6) is 0 Å². The van der Waals surface area contributed by atoms with Crippen molar-refractivity contribution in [2.24, 2.45) is 0 Å². The van der Waals surface area contributed by atoms with Crippen LogP contribution in [0.3, 0.4) is 0 Å². The highest BCUT2D eigenvalue weighted by Crippen LogP contribution is 2.23. The number of halogens is 3. The maximum absolute atomic E-state index is 12.6. The van der Waals surface area contributed by atoms with Gasteiger partial charge >= 0.3 is 12.1 Å². The van der Waals surface area contributed by atoms with Crippen molar-refractivity contribution in [1.82, 2.24) is 10.6 Å². The van der Waals surface area contributed by atoms with Gasteiger partial charge in [-0.05, 0) is 32.0 Å². The molecule has 0 aromatic heterocycles. The van der Waals surface area contributed by atoms with Crippen LogP contribution in [0.25, 0.3) is 0 Å². The molecule has 5 nitrogen and oxygen atoms in total. The van der Waals surface area contributed by atoms with Crippen molar-refractivity contribution in [3.63, 3.8) is 0 Å². The van der Waals surface area contributed by atoms with Gasteiger partial charge in [0.25, 0.3) is 5.91 Å². The van der Waals surface area contributed by atoms with Gasteiger partial charge in [0.15, 0.2) is 0 Å². The van der Waals surface area contributed by atoms with Gasteiger partial charge in [-0.3, -0.25) is 4.79 Å². The van der Waals surface area contributed by atoms with Gasteiger partial charge in [0, 0.05) is 5.56 Å². The number of benzene rings is 1. The Balaban J connectivity index is 2.67. The van der Waals surface area contributed by atoms with Gasteiger partial charge in [-0.25, -0.2) is 4.79 Å². The lowest BCUT2D eigenvalue weighted by atomic mass is 10.1. The maximum Gasteiger partial charge on any atom is 0.403 e. The summed E-state index contributed by atoms with van der Waals surface area (Å²) in [5.41, 5.74) is 0.245. The normalized spacial score (nSPS) is 14.2. The van der Waals surface area contributed by atoms with E-state index in [2.05, 4.69) is 10.6 Å². The molecule has 1 aromatic rings. The number of aliphatic carboxylic acids is 1. The molecule has 0 fully saturated rings. The third kappa shape index (κ3) is 5.36. The van der Waals surface area contributed by atoms with Crippen LogP contribution in [0, 0.1) is 0 Å². The second kappa shape index (κ2) is 7.79. The predicted octanol–water partition coefficient (Wildman–Crippen LogP) is 1.80. The lowest BCUT2D eigenvalue weighted by Gasteiger charge is -2.21. The topological polar surface area (TPSA) is 78.4 Å². The van der Waals surface area contributed by atoms with E-state index >= 15 is 0 Å². The molecule has 0 aliphatic heterocycles. The largest absolute Gasteiger partial charge is 0.480 e. The zero-order valence-electron chi connectivity index (χ0n) is 11.9. The quantitative estimate of drug-likeness (QED) is 0.716. The van der Waals surface area contributed by atoms with Gasteiger partial charge in [0.1, 0.15) is 12.1 Å². The van der Waals surface area contributed by atoms with Crippen molar-refractivity contribution in [2.45, 2.75) is 31.1 Å². The van der Waals surface area contributed by atoms with E-state index in [-0.39, 0.29) is 12.0 Å². The molecular weight excluding hydrogens is 301 g/mol. The van der Waals surface area contributed by atoms with Gasteiger partial charge in [-0.15, -0.1) is 0 Å². The zero-order valence-corrected chi connectivity index (χ0v) is 11.9. The van der Waals surface area contributed by atoms with Crippen molar-refractivity contribution in [3.8, 4) is 0 Å². The molecule has 0 radical (unpaired) electrons. The van der Waals surface area contributed by atoms with Crippen LogP contribution < -0.4 is 10.6 Å². The van der Waals surface area contributed by atoms with Crippen LogP contribution in [0.2, 0.25) is 0 Å². The zero-order chi connectivity index (χ0) is 16.8. The van der Waals surface area contributed by atoms with Crippen LogP contribution in [-0.4, -0.2) is 42.3 Å². The maximum atomic E-state index is 12.6. The van der Waals surface area contributed by atoms with E-state index in [1.165, 1.54) is 12.1 Å². The number of hydrogen-bond donors (Lipinski definition) is 3. The Hall–Kier alpha value is -2.09. The molecule has 122 valence electrons. The Morgan fingerprint density at radius 1 is 1.18 bits per heavy atom. The molecule has 0 spiro atoms. The molecule has 3 N–H and O–H groups in total. The van der Waals surface area contributed by atoms with Gasteiger partial charge in [-0.2, -0.15) is 13.2 Å². The molecule has 0 unspecified atom stereocenters. The minimum absolute atomic E-state index is 0.245. The number of carboxylic acid groups (broad SMARTS) is 1. The minimum atomic E-state index is -4.47. The fourth-order valence-electron chi connectivity index (χ4n) is 1.89. The first-order valence-electron chi connectivity index (χ1n) is 6.58. The first-order chi connectivity index (χ1) is 10.3. The Kier molecular flexibility index (Phi) is 6.36. The molecule has 0 heterocycles. The van der Waals surface area contributed by atoms with E-state index < -0.39 is 36.6 Å². The first kappa shape index (κ1) is 18.0. The Morgan fingerprint density at radius 2 is 1.77 bits per heavy atom. The predicted molar refractivity (Wildman–Crippen MR) is 73.5 cm³/mol. The van der Waals surface area contributed by atoms with E-state index in [1.54, 1.807) is 18.2 Å². The van der Waals surface area contributed by atoms with E-state index in [0.29, 0.717) is 0 Å². The summed E-state index contributed by atoms with van der Waals surface area (Å²) in [5, 5.41) is 13.4. The molecule has 0 aliphatic carbocycles. The number of carboxylic acids is 1. The van der Waals surface area contributed by atoms with E-state index in [9.17, 15) is 22.8 Å². The van der Waals surface area contributed by atoms with Crippen LogP contribution in [0.1, 0.15) is 23.2 Å². The number of nitrogens with one attached hydrogen (secondary N) is 2. The van der Waals surface area contributed by atoms with Crippen LogP contribution >= 0.6 is 0 Å². The van der Waals surface area contributed by atoms with Crippen LogP contribution in [-0.2, 0) is 4.79 Å². The summed E-state index contributed by atoms with van der Waals surface area (Å²) in [6, 6.07) is 4.66. The lowest BCUT2D eigenvalue weighted by Crippen LogP contribution is -2.45. The van der Waals surface area contributed by atoms with E-state index in [4.69, 9.17) is 5.11 Å². The molecule has 1 rings (SSSR count). The third-order valence-electron chi connectivity index (χ3n) is 3.13. The Bertz CT molecular complexity index is 506. The second-order valence-corrected chi connectivity index (χ2v) is 4.69. The van der Waals surface area contributed by atoms with Gasteiger partial charge in [0.05, 0.1) is 0 Å². The van der Waals surface area contributed by atoms with Crippen molar-refractivity contribution >= 4 is 11.9 Å². The van der Waals surface area contributed by atoms with Crippen molar-refractivity contribution in [1.29, 1.82) is 0 Å².